The van der Waals surface area contributed by atoms with E-state index in [0.29, 0.717) is 6.47 Å². The maximum atomic E-state index is 10.0. The van der Waals surface area contributed by atoms with Crippen molar-refractivity contribution < 1.29 is 14.3 Å². The highest BCUT2D eigenvalue weighted by Gasteiger charge is 2.06. The van der Waals surface area contributed by atoms with Crippen molar-refractivity contribution in [1.29, 1.82) is 5.41 Å². The lowest BCUT2D eigenvalue weighted by Crippen LogP contribution is -2.16. The van der Waals surface area contributed by atoms with Crippen LogP contribution in [0.15, 0.2) is 97.3 Å². The quantitative estimate of drug-likeness (QED) is 0.182. The Hall–Kier alpha value is -5.04. The van der Waals surface area contributed by atoms with E-state index in [1.54, 1.807) is 12.1 Å². The Morgan fingerprint density at radius 1 is 0.925 bits per heavy atom. The zero-order chi connectivity index (χ0) is 29.2. The Morgan fingerprint density at radius 3 is 2.15 bits per heavy atom. The lowest BCUT2D eigenvalue weighted by Gasteiger charge is -2.19. The van der Waals surface area contributed by atoms with Gasteiger partial charge in [0.05, 0.1) is 19.0 Å². The van der Waals surface area contributed by atoms with Gasteiger partial charge < -0.3 is 20.4 Å². The number of carbonyl (C=O) groups is 2. The number of ether oxygens (including phenoxy) is 1. The van der Waals surface area contributed by atoms with Crippen LogP contribution in [0.1, 0.15) is 34.0 Å². The first-order valence-electron chi connectivity index (χ1n) is 12.7. The predicted octanol–water partition coefficient (Wildman–Crippen LogP) is 6.75. The molecule has 0 fully saturated rings. The fraction of sp³-hybridized carbons (Fsp3) is 0.152. The van der Waals surface area contributed by atoms with Gasteiger partial charge in [-0.3, -0.25) is 14.6 Å². The van der Waals surface area contributed by atoms with Crippen LogP contribution >= 0.6 is 0 Å². The summed E-state index contributed by atoms with van der Waals surface area (Å²) in [5, 5.41) is 10.7. The van der Waals surface area contributed by atoms with Gasteiger partial charge >= 0.3 is 0 Å². The highest BCUT2D eigenvalue weighted by atomic mass is 16.5. The Bertz CT molecular complexity index is 1370. The predicted molar refractivity (Wildman–Crippen MR) is 165 cm³/mol. The molecule has 0 aliphatic heterocycles. The van der Waals surface area contributed by atoms with E-state index in [2.05, 4.69) is 69.5 Å². The van der Waals surface area contributed by atoms with Crippen LogP contribution in [0.4, 0.5) is 11.4 Å². The fourth-order valence-electron chi connectivity index (χ4n) is 3.73. The Labute approximate surface area is 236 Å². The molecule has 0 amide bonds. The van der Waals surface area contributed by atoms with E-state index in [9.17, 15) is 4.79 Å². The fourth-order valence-corrected chi connectivity index (χ4v) is 3.73. The summed E-state index contributed by atoms with van der Waals surface area (Å²) in [5.74, 6) is 0. The largest absolute Gasteiger partial charge is 0.471 e. The van der Waals surface area contributed by atoms with Crippen LogP contribution in [-0.2, 0) is 16.1 Å². The Balaban J connectivity index is 0.000000387. The third kappa shape index (κ3) is 10.0. The normalized spacial score (nSPS) is 9.80. The molecule has 40 heavy (non-hydrogen) atoms. The molecule has 3 aromatic carbocycles. The standard InChI is InChI=1S/C24H26N4.C7H6O.C2H4O2/c1-4-5-19-12-23(16-27-15-19)28(3)17-18-6-8-20(9-7-18)21-10-11-24(26-2)22(13-21)14-25;8-6-7-4-2-1-3-5-7;1-4-2-3/h4-16,25-26H,17H2,1-3H3;1-6H;2H,1H3/b5-4+,25-14?;;. The van der Waals surface area contributed by atoms with Crippen LogP contribution in [-0.4, -0.2) is 45.2 Å². The number of nitrogens with zero attached hydrogens (tertiary/aromatic N) is 2. The van der Waals surface area contributed by atoms with Crippen molar-refractivity contribution in [2.75, 3.05) is 31.4 Å². The SMILES string of the molecule is C/C=C/c1cncc(N(C)Cc2ccc(-c3ccc(NC)c(C=N)c3)cc2)c1.COC=O.O=Cc1ccccc1. The molecular formula is C33H36N4O3. The molecule has 7 heteroatoms. The highest BCUT2D eigenvalue weighted by molar-refractivity contribution is 5.88. The first-order chi connectivity index (χ1) is 19.5. The van der Waals surface area contributed by atoms with Crippen LogP contribution in [0, 0.1) is 5.41 Å². The summed E-state index contributed by atoms with van der Waals surface area (Å²) in [6.07, 6.45) is 10.1. The van der Waals surface area contributed by atoms with Gasteiger partial charge in [0.2, 0.25) is 0 Å². The number of hydrogen-bond acceptors (Lipinski definition) is 7. The van der Waals surface area contributed by atoms with Crippen molar-refractivity contribution in [1.82, 2.24) is 4.98 Å². The first kappa shape index (κ1) is 31.2. The lowest BCUT2D eigenvalue weighted by atomic mass is 10.0. The molecule has 0 saturated heterocycles. The molecule has 0 aliphatic carbocycles. The monoisotopic (exact) mass is 536 g/mol. The number of methoxy groups -OCH3 is 1. The molecule has 4 rings (SSSR count). The first-order valence-corrected chi connectivity index (χ1v) is 12.7. The molecular weight excluding hydrogens is 500 g/mol. The summed E-state index contributed by atoms with van der Waals surface area (Å²) < 4.78 is 3.86. The van der Waals surface area contributed by atoms with E-state index < -0.39 is 0 Å². The van der Waals surface area contributed by atoms with Crippen LogP contribution < -0.4 is 10.2 Å². The number of anilines is 2. The average Bonchev–Trinajstić information content (AvgIpc) is 3.02. The smallest absolute Gasteiger partial charge is 0.292 e. The Morgan fingerprint density at radius 2 is 1.60 bits per heavy atom. The van der Waals surface area contributed by atoms with E-state index >= 15 is 0 Å². The van der Waals surface area contributed by atoms with Gasteiger partial charge in [0.1, 0.15) is 6.29 Å². The number of hydrogen-bond donors (Lipinski definition) is 2. The third-order valence-corrected chi connectivity index (χ3v) is 5.76. The van der Waals surface area contributed by atoms with Crippen molar-refractivity contribution in [3.8, 4) is 11.1 Å². The Kier molecular flexibility index (Phi) is 13.6. The van der Waals surface area contributed by atoms with Crippen LogP contribution in [0.2, 0.25) is 0 Å². The van der Waals surface area contributed by atoms with E-state index in [-0.39, 0.29) is 0 Å². The van der Waals surface area contributed by atoms with Crippen LogP contribution in [0.3, 0.4) is 0 Å². The molecule has 0 radical (unpaired) electrons. The van der Waals surface area contributed by atoms with Crippen LogP contribution in [0.5, 0.6) is 0 Å². The topological polar surface area (TPSA) is 95.4 Å². The van der Waals surface area contributed by atoms with Crippen LogP contribution in [0.25, 0.3) is 17.2 Å². The molecule has 0 atom stereocenters. The van der Waals surface area contributed by atoms with E-state index in [4.69, 9.17) is 10.2 Å². The zero-order valence-corrected chi connectivity index (χ0v) is 23.4. The summed E-state index contributed by atoms with van der Waals surface area (Å²) in [6, 6.07) is 26.0. The van der Waals surface area contributed by atoms with Crippen molar-refractivity contribution in [3.05, 3.63) is 120 Å². The van der Waals surface area contributed by atoms with E-state index in [0.717, 1.165) is 52.0 Å². The highest BCUT2D eigenvalue weighted by Crippen LogP contribution is 2.25. The number of rotatable bonds is 9. The summed E-state index contributed by atoms with van der Waals surface area (Å²) in [4.78, 5) is 25.5. The number of aromatic nitrogens is 1. The summed E-state index contributed by atoms with van der Waals surface area (Å²) >= 11 is 0. The van der Waals surface area contributed by atoms with Gasteiger partial charge in [0.15, 0.2) is 0 Å². The van der Waals surface area contributed by atoms with Gasteiger partial charge in [-0.05, 0) is 47.4 Å². The molecule has 1 heterocycles. The molecule has 1 aromatic heterocycles. The summed E-state index contributed by atoms with van der Waals surface area (Å²) in [5.41, 5.74) is 8.28. The molecule has 2 N–H and O–H groups in total. The number of aldehydes is 1. The van der Waals surface area contributed by atoms with Crippen molar-refractivity contribution in [2.24, 2.45) is 0 Å². The number of carbonyl (C=O) groups excluding carboxylic acids is 2. The van der Waals surface area contributed by atoms with E-state index in [1.807, 2.05) is 62.8 Å². The second kappa shape index (κ2) is 17.5. The van der Waals surface area contributed by atoms with Gasteiger partial charge in [-0.1, -0.05) is 72.8 Å². The minimum atomic E-state index is 0.375. The summed E-state index contributed by atoms with van der Waals surface area (Å²) in [6.45, 7) is 3.20. The van der Waals surface area contributed by atoms with Gasteiger partial charge in [-0.2, -0.15) is 0 Å². The van der Waals surface area contributed by atoms with Gasteiger partial charge in [-0.15, -0.1) is 0 Å². The molecule has 0 saturated carbocycles. The molecule has 0 aliphatic rings. The van der Waals surface area contributed by atoms with Crippen molar-refractivity contribution in [2.45, 2.75) is 13.5 Å². The summed E-state index contributed by atoms with van der Waals surface area (Å²) in [7, 11) is 5.27. The van der Waals surface area contributed by atoms with Gasteiger partial charge in [-0.25, -0.2) is 0 Å². The number of allylic oxidation sites excluding steroid dienone is 1. The maximum Gasteiger partial charge on any atom is 0.292 e. The number of nitrogens with one attached hydrogen (secondary N) is 2. The zero-order valence-electron chi connectivity index (χ0n) is 23.4. The minimum Gasteiger partial charge on any atom is -0.471 e. The second-order valence-electron chi connectivity index (χ2n) is 8.59. The average molecular weight is 537 g/mol. The van der Waals surface area contributed by atoms with Crippen molar-refractivity contribution in [3.63, 3.8) is 0 Å². The molecule has 0 unspecified atom stereocenters. The minimum absolute atomic E-state index is 0.375. The molecule has 0 bridgehead atoms. The van der Waals surface area contributed by atoms with E-state index in [1.165, 1.54) is 18.9 Å². The third-order valence-electron chi connectivity index (χ3n) is 5.76. The molecule has 7 nitrogen and oxygen atoms in total. The molecule has 0 spiro atoms. The van der Waals surface area contributed by atoms with Gasteiger partial charge in [0, 0.05) is 49.9 Å². The number of pyridine rings is 1. The number of benzene rings is 3. The molecule has 206 valence electrons. The molecule has 4 aromatic rings. The van der Waals surface area contributed by atoms with Crippen molar-refractivity contribution >= 4 is 36.4 Å². The second-order valence-corrected chi connectivity index (χ2v) is 8.59. The van der Waals surface area contributed by atoms with Gasteiger partial charge in [0.25, 0.3) is 6.47 Å². The maximum absolute atomic E-state index is 10.0. The lowest BCUT2D eigenvalue weighted by molar-refractivity contribution is -0.126.